The van der Waals surface area contributed by atoms with E-state index in [1.54, 1.807) is 56.5 Å². The summed E-state index contributed by atoms with van der Waals surface area (Å²) in [6.07, 6.45) is 1.46. The third kappa shape index (κ3) is 6.06. The normalized spacial score (nSPS) is 10.8. The zero-order valence-electron chi connectivity index (χ0n) is 13.9. The number of rotatable bonds is 7. The van der Waals surface area contributed by atoms with Gasteiger partial charge in [-0.05, 0) is 55.8 Å². The van der Waals surface area contributed by atoms with E-state index in [4.69, 9.17) is 9.47 Å². The van der Waals surface area contributed by atoms with Gasteiger partial charge in [0, 0.05) is 18.3 Å². The summed E-state index contributed by atoms with van der Waals surface area (Å²) < 4.78 is 10.3. The molecule has 0 fully saturated rings. The molecule has 0 aliphatic heterocycles. The van der Waals surface area contributed by atoms with Crippen LogP contribution in [0.4, 0.5) is 11.4 Å². The number of hydrogen-bond donors (Lipinski definition) is 0. The lowest BCUT2D eigenvalue weighted by molar-refractivity contribution is -0.384. The van der Waals surface area contributed by atoms with Crippen molar-refractivity contribution in [1.82, 2.24) is 0 Å². The highest BCUT2D eigenvalue weighted by atomic mass is 16.6. The average molecular weight is 342 g/mol. The maximum Gasteiger partial charge on any atom is 0.344 e. The van der Waals surface area contributed by atoms with Crippen LogP contribution in [0.5, 0.6) is 5.75 Å². The first-order chi connectivity index (χ1) is 11.9. The number of carbonyl (C=O) groups excluding carboxylic acids is 1. The molecule has 0 N–H and O–H groups in total. The fourth-order valence-electron chi connectivity index (χ4n) is 1.90. The molecule has 2 aromatic carbocycles. The predicted molar refractivity (Wildman–Crippen MR) is 93.5 cm³/mol. The second-order valence-electron chi connectivity index (χ2n) is 5.43. The standard InChI is InChI=1S/C18H18N2O5/c1-13(2)25-18(21)12-24-17-9-3-14(4-10-17)11-19-15-5-7-16(8-6-15)20(22)23/h3-11,13H,12H2,1-2H3. The zero-order valence-corrected chi connectivity index (χ0v) is 13.9. The van der Waals surface area contributed by atoms with Crippen LogP contribution < -0.4 is 4.74 Å². The van der Waals surface area contributed by atoms with Gasteiger partial charge in [-0.25, -0.2) is 4.79 Å². The van der Waals surface area contributed by atoms with Gasteiger partial charge in [-0.1, -0.05) is 0 Å². The minimum absolute atomic E-state index is 0.0245. The van der Waals surface area contributed by atoms with Crippen LogP contribution in [0.15, 0.2) is 53.5 Å². The van der Waals surface area contributed by atoms with Gasteiger partial charge in [-0.15, -0.1) is 0 Å². The number of ether oxygens (including phenoxy) is 2. The fourth-order valence-corrected chi connectivity index (χ4v) is 1.90. The molecule has 7 nitrogen and oxygen atoms in total. The summed E-state index contributed by atoms with van der Waals surface area (Å²) in [7, 11) is 0. The number of benzene rings is 2. The molecule has 0 amide bonds. The Morgan fingerprint density at radius 2 is 1.80 bits per heavy atom. The Morgan fingerprint density at radius 3 is 2.36 bits per heavy atom. The fraction of sp³-hybridized carbons (Fsp3) is 0.222. The number of nitrogens with zero attached hydrogens (tertiary/aromatic N) is 2. The molecule has 0 saturated heterocycles. The third-order valence-corrected chi connectivity index (χ3v) is 3.03. The van der Waals surface area contributed by atoms with Crippen LogP contribution in [0.3, 0.4) is 0 Å². The summed E-state index contributed by atoms with van der Waals surface area (Å²) in [6.45, 7) is 3.41. The average Bonchev–Trinajstić information content (AvgIpc) is 2.59. The number of non-ortho nitro benzene ring substituents is 1. The Bertz CT molecular complexity index is 752. The lowest BCUT2D eigenvalue weighted by atomic mass is 10.2. The lowest BCUT2D eigenvalue weighted by Crippen LogP contribution is -2.18. The summed E-state index contributed by atoms with van der Waals surface area (Å²) >= 11 is 0. The van der Waals surface area contributed by atoms with Gasteiger partial charge in [0.05, 0.1) is 16.7 Å². The van der Waals surface area contributed by atoms with Crippen LogP contribution in [0, 0.1) is 10.1 Å². The van der Waals surface area contributed by atoms with Crippen molar-refractivity contribution in [2.75, 3.05) is 6.61 Å². The van der Waals surface area contributed by atoms with Crippen molar-refractivity contribution in [2.24, 2.45) is 4.99 Å². The lowest BCUT2D eigenvalue weighted by Gasteiger charge is -2.09. The van der Waals surface area contributed by atoms with Crippen LogP contribution in [-0.2, 0) is 9.53 Å². The summed E-state index contributed by atoms with van der Waals surface area (Å²) in [5.41, 5.74) is 1.47. The van der Waals surface area contributed by atoms with Crippen molar-refractivity contribution in [2.45, 2.75) is 20.0 Å². The van der Waals surface area contributed by atoms with E-state index in [0.29, 0.717) is 11.4 Å². The Labute approximate surface area is 145 Å². The van der Waals surface area contributed by atoms with Gasteiger partial charge in [0.2, 0.25) is 0 Å². The SMILES string of the molecule is CC(C)OC(=O)COc1ccc(C=Nc2ccc([N+](=O)[O-])cc2)cc1. The van der Waals surface area contributed by atoms with Gasteiger partial charge >= 0.3 is 5.97 Å². The predicted octanol–water partition coefficient (Wildman–Crippen LogP) is 3.68. The van der Waals surface area contributed by atoms with Crippen LogP contribution in [0.1, 0.15) is 19.4 Å². The molecular formula is C18H18N2O5. The molecule has 0 aliphatic carbocycles. The number of carbonyl (C=O) groups is 1. The topological polar surface area (TPSA) is 91.0 Å². The van der Waals surface area contributed by atoms with Crippen molar-refractivity contribution in [3.05, 3.63) is 64.2 Å². The zero-order chi connectivity index (χ0) is 18.2. The van der Waals surface area contributed by atoms with Gasteiger partial charge in [-0.2, -0.15) is 0 Å². The summed E-state index contributed by atoms with van der Waals surface area (Å²) in [6, 6.07) is 13.0. The quantitative estimate of drug-likeness (QED) is 0.331. The Hall–Kier alpha value is -3.22. The molecule has 0 bridgehead atoms. The second-order valence-corrected chi connectivity index (χ2v) is 5.43. The van der Waals surface area contributed by atoms with Crippen LogP contribution in [0.25, 0.3) is 0 Å². The number of nitro groups is 1. The molecule has 130 valence electrons. The van der Waals surface area contributed by atoms with Gasteiger partial charge in [0.1, 0.15) is 5.75 Å². The molecule has 0 heterocycles. The van der Waals surface area contributed by atoms with Gasteiger partial charge in [0.25, 0.3) is 5.69 Å². The Balaban J connectivity index is 1.91. The Morgan fingerprint density at radius 1 is 1.16 bits per heavy atom. The van der Waals surface area contributed by atoms with E-state index in [0.717, 1.165) is 5.56 Å². The highest BCUT2D eigenvalue weighted by Gasteiger charge is 2.06. The maximum absolute atomic E-state index is 11.4. The number of nitro benzene ring substituents is 1. The van der Waals surface area contributed by atoms with E-state index in [1.165, 1.54) is 12.1 Å². The molecule has 7 heteroatoms. The first-order valence-corrected chi connectivity index (χ1v) is 7.65. The maximum atomic E-state index is 11.4. The highest BCUT2D eigenvalue weighted by molar-refractivity contribution is 5.82. The van der Waals surface area contributed by atoms with Crippen molar-refractivity contribution in [3.63, 3.8) is 0 Å². The molecular weight excluding hydrogens is 324 g/mol. The van der Waals surface area contributed by atoms with Crippen molar-refractivity contribution in [3.8, 4) is 5.75 Å². The minimum Gasteiger partial charge on any atom is -0.482 e. The van der Waals surface area contributed by atoms with E-state index < -0.39 is 10.9 Å². The molecule has 2 aromatic rings. The Kier molecular flexibility index (Phi) is 6.22. The van der Waals surface area contributed by atoms with Gasteiger partial charge in [-0.3, -0.25) is 15.1 Å². The van der Waals surface area contributed by atoms with Crippen molar-refractivity contribution in [1.29, 1.82) is 0 Å². The van der Waals surface area contributed by atoms with Crippen LogP contribution in [-0.4, -0.2) is 29.8 Å². The number of hydrogen-bond acceptors (Lipinski definition) is 6. The monoisotopic (exact) mass is 342 g/mol. The van der Waals surface area contributed by atoms with E-state index in [9.17, 15) is 14.9 Å². The molecule has 0 saturated carbocycles. The van der Waals surface area contributed by atoms with E-state index in [2.05, 4.69) is 4.99 Å². The molecule has 0 aliphatic rings. The van der Waals surface area contributed by atoms with Gasteiger partial charge in [0.15, 0.2) is 6.61 Å². The second kappa shape index (κ2) is 8.58. The smallest absolute Gasteiger partial charge is 0.344 e. The molecule has 2 rings (SSSR count). The van der Waals surface area contributed by atoms with E-state index >= 15 is 0 Å². The van der Waals surface area contributed by atoms with Crippen molar-refractivity contribution >= 4 is 23.6 Å². The molecule has 0 aromatic heterocycles. The molecule has 25 heavy (non-hydrogen) atoms. The van der Waals surface area contributed by atoms with E-state index in [1.807, 2.05) is 0 Å². The summed E-state index contributed by atoms with van der Waals surface area (Å²) in [4.78, 5) is 25.8. The third-order valence-electron chi connectivity index (χ3n) is 3.03. The summed E-state index contributed by atoms with van der Waals surface area (Å²) in [5.74, 6) is 0.131. The first-order valence-electron chi connectivity index (χ1n) is 7.65. The minimum atomic E-state index is -0.455. The van der Waals surface area contributed by atoms with Crippen LogP contribution in [0.2, 0.25) is 0 Å². The summed E-state index contributed by atoms with van der Waals surface area (Å²) in [5, 5.41) is 10.6. The van der Waals surface area contributed by atoms with Crippen molar-refractivity contribution < 1.29 is 19.2 Å². The number of esters is 1. The van der Waals surface area contributed by atoms with Gasteiger partial charge < -0.3 is 9.47 Å². The first kappa shape index (κ1) is 18.1. The molecule has 0 spiro atoms. The molecule has 0 atom stereocenters. The molecule has 0 radical (unpaired) electrons. The van der Waals surface area contributed by atoms with E-state index in [-0.39, 0.29) is 18.4 Å². The van der Waals surface area contributed by atoms with Crippen LogP contribution >= 0.6 is 0 Å². The number of aliphatic imine (C=N–C) groups is 1. The molecule has 0 unspecified atom stereocenters. The largest absolute Gasteiger partial charge is 0.482 e. The highest BCUT2D eigenvalue weighted by Crippen LogP contribution is 2.18.